The van der Waals surface area contributed by atoms with Crippen LogP contribution < -0.4 is 5.32 Å². The second-order valence-electron chi connectivity index (χ2n) is 2.99. The maximum absolute atomic E-state index is 5.65. The summed E-state index contributed by atoms with van der Waals surface area (Å²) in [5.41, 5.74) is 1.16. The van der Waals surface area contributed by atoms with Crippen LogP contribution in [0.4, 0.5) is 5.82 Å². The number of nitrogens with one attached hydrogen (secondary N) is 2. The van der Waals surface area contributed by atoms with E-state index in [1.807, 2.05) is 6.20 Å². The van der Waals surface area contributed by atoms with Crippen molar-refractivity contribution in [2.45, 2.75) is 6.42 Å². The van der Waals surface area contributed by atoms with E-state index in [-0.39, 0.29) is 5.28 Å². The molecule has 2 rings (SSSR count). The highest BCUT2D eigenvalue weighted by molar-refractivity contribution is 6.28. The van der Waals surface area contributed by atoms with Gasteiger partial charge in [-0.15, -0.1) is 0 Å². The van der Waals surface area contributed by atoms with Crippen LogP contribution in [0, 0.1) is 0 Å². The van der Waals surface area contributed by atoms with Gasteiger partial charge in [-0.05, 0) is 29.7 Å². The smallest absolute Gasteiger partial charge is 0.224 e. The molecule has 0 spiro atoms. The Bertz CT molecular complexity index is 414. The summed E-state index contributed by atoms with van der Waals surface area (Å²) in [4.78, 5) is 7.81. The number of hydrogen-bond donors (Lipinski definition) is 2. The zero-order valence-corrected chi connectivity index (χ0v) is 8.70. The van der Waals surface area contributed by atoms with Crippen LogP contribution >= 0.6 is 11.6 Å². The van der Waals surface area contributed by atoms with Crippen molar-refractivity contribution in [3.05, 3.63) is 35.5 Å². The van der Waals surface area contributed by atoms with Gasteiger partial charge in [0.25, 0.3) is 0 Å². The summed E-state index contributed by atoms with van der Waals surface area (Å²) in [6, 6.07) is 1.78. The van der Waals surface area contributed by atoms with Crippen molar-refractivity contribution in [1.29, 1.82) is 0 Å². The van der Waals surface area contributed by atoms with Gasteiger partial charge < -0.3 is 5.32 Å². The highest BCUT2D eigenvalue weighted by Gasteiger charge is 1.97. The Balaban J connectivity index is 1.83. The highest BCUT2D eigenvalue weighted by atomic mass is 35.5. The van der Waals surface area contributed by atoms with Crippen LogP contribution in [-0.4, -0.2) is 26.7 Å². The monoisotopic (exact) mass is 223 g/mol. The first-order valence-corrected chi connectivity index (χ1v) is 4.92. The third kappa shape index (κ3) is 2.92. The van der Waals surface area contributed by atoms with E-state index in [4.69, 9.17) is 11.6 Å². The molecule has 0 bridgehead atoms. The Hall–Kier alpha value is -1.62. The molecule has 6 heteroatoms. The molecule has 15 heavy (non-hydrogen) atoms. The molecular formula is C9H10ClN5. The van der Waals surface area contributed by atoms with Gasteiger partial charge in [-0.25, -0.2) is 9.97 Å². The van der Waals surface area contributed by atoms with Crippen molar-refractivity contribution in [2.75, 3.05) is 11.9 Å². The number of halogens is 1. The van der Waals surface area contributed by atoms with Crippen LogP contribution in [0.3, 0.4) is 0 Å². The van der Waals surface area contributed by atoms with E-state index in [0.717, 1.165) is 24.3 Å². The number of H-pyrrole nitrogens is 1. The van der Waals surface area contributed by atoms with Crippen LogP contribution in [0.1, 0.15) is 5.56 Å². The fraction of sp³-hybridized carbons (Fsp3) is 0.222. The molecule has 0 aliphatic heterocycles. The molecule has 0 atom stereocenters. The molecule has 0 amide bonds. The molecule has 2 aromatic rings. The molecule has 0 aromatic carbocycles. The van der Waals surface area contributed by atoms with Crippen molar-refractivity contribution in [1.82, 2.24) is 20.2 Å². The molecule has 0 fully saturated rings. The minimum Gasteiger partial charge on any atom is -0.370 e. The minimum atomic E-state index is 0.253. The first kappa shape index (κ1) is 9.92. The summed E-state index contributed by atoms with van der Waals surface area (Å²) in [7, 11) is 0. The molecule has 0 saturated carbocycles. The standard InChI is InChI=1S/C9H10ClN5/c10-9-12-4-2-8(15-9)11-3-1-7-5-13-14-6-7/h2,4-6H,1,3H2,(H,13,14)(H,11,12,15). The van der Waals surface area contributed by atoms with Crippen molar-refractivity contribution in [3.8, 4) is 0 Å². The van der Waals surface area contributed by atoms with Crippen molar-refractivity contribution in [3.63, 3.8) is 0 Å². The third-order valence-corrected chi connectivity index (χ3v) is 2.08. The van der Waals surface area contributed by atoms with E-state index in [0.29, 0.717) is 0 Å². The first-order chi connectivity index (χ1) is 7.34. The Morgan fingerprint density at radius 3 is 3.13 bits per heavy atom. The van der Waals surface area contributed by atoms with Gasteiger partial charge in [0.05, 0.1) is 6.20 Å². The second kappa shape index (κ2) is 4.75. The zero-order valence-electron chi connectivity index (χ0n) is 7.94. The van der Waals surface area contributed by atoms with Gasteiger partial charge >= 0.3 is 0 Å². The molecule has 2 heterocycles. The van der Waals surface area contributed by atoms with E-state index in [1.165, 1.54) is 0 Å². The maximum Gasteiger partial charge on any atom is 0.224 e. The van der Waals surface area contributed by atoms with Crippen molar-refractivity contribution < 1.29 is 0 Å². The summed E-state index contributed by atoms with van der Waals surface area (Å²) >= 11 is 5.65. The fourth-order valence-corrected chi connectivity index (χ4v) is 1.33. The number of rotatable bonds is 4. The van der Waals surface area contributed by atoms with E-state index in [2.05, 4.69) is 25.5 Å². The molecule has 0 aliphatic rings. The summed E-state index contributed by atoms with van der Waals surface area (Å²) in [6.07, 6.45) is 6.18. The van der Waals surface area contributed by atoms with E-state index >= 15 is 0 Å². The van der Waals surface area contributed by atoms with Gasteiger partial charge in [0, 0.05) is 18.9 Å². The zero-order chi connectivity index (χ0) is 10.5. The first-order valence-electron chi connectivity index (χ1n) is 4.54. The van der Waals surface area contributed by atoms with Crippen LogP contribution in [0.2, 0.25) is 5.28 Å². The number of anilines is 1. The Morgan fingerprint density at radius 2 is 2.40 bits per heavy atom. The van der Waals surface area contributed by atoms with Crippen LogP contribution in [0.25, 0.3) is 0 Å². The Kier molecular flexibility index (Phi) is 3.14. The van der Waals surface area contributed by atoms with E-state index < -0.39 is 0 Å². The Labute approximate surface area is 91.9 Å². The lowest BCUT2D eigenvalue weighted by molar-refractivity contribution is 1.00. The van der Waals surface area contributed by atoms with Gasteiger partial charge in [0.15, 0.2) is 0 Å². The molecule has 2 N–H and O–H groups in total. The van der Waals surface area contributed by atoms with Crippen molar-refractivity contribution in [2.24, 2.45) is 0 Å². The van der Waals surface area contributed by atoms with Crippen LogP contribution in [0.15, 0.2) is 24.7 Å². The van der Waals surface area contributed by atoms with E-state index in [9.17, 15) is 0 Å². The lowest BCUT2D eigenvalue weighted by Gasteiger charge is -2.03. The number of aromatic nitrogens is 4. The number of hydrogen-bond acceptors (Lipinski definition) is 4. The average molecular weight is 224 g/mol. The Morgan fingerprint density at radius 1 is 1.47 bits per heavy atom. The lowest BCUT2D eigenvalue weighted by Crippen LogP contribution is -2.06. The molecule has 0 aliphatic carbocycles. The quantitative estimate of drug-likeness (QED) is 0.771. The molecular weight excluding hydrogens is 214 g/mol. The molecule has 0 saturated heterocycles. The normalized spacial score (nSPS) is 10.2. The van der Waals surface area contributed by atoms with Crippen LogP contribution in [0.5, 0.6) is 0 Å². The molecule has 0 unspecified atom stereocenters. The summed E-state index contributed by atoms with van der Waals surface area (Å²) < 4.78 is 0. The average Bonchev–Trinajstić information content (AvgIpc) is 2.71. The molecule has 78 valence electrons. The summed E-state index contributed by atoms with van der Waals surface area (Å²) in [5.74, 6) is 0.735. The molecule has 5 nitrogen and oxygen atoms in total. The highest BCUT2D eigenvalue weighted by Crippen LogP contribution is 2.05. The second-order valence-corrected chi connectivity index (χ2v) is 3.33. The topological polar surface area (TPSA) is 66.5 Å². The molecule has 2 aromatic heterocycles. The van der Waals surface area contributed by atoms with Gasteiger partial charge in [-0.1, -0.05) is 0 Å². The van der Waals surface area contributed by atoms with Gasteiger partial charge in [-0.2, -0.15) is 5.10 Å². The van der Waals surface area contributed by atoms with Crippen molar-refractivity contribution >= 4 is 17.4 Å². The molecule has 0 radical (unpaired) electrons. The summed E-state index contributed by atoms with van der Waals surface area (Å²) in [5, 5.41) is 10.0. The number of nitrogens with zero attached hydrogens (tertiary/aromatic N) is 3. The van der Waals surface area contributed by atoms with Crippen LogP contribution in [-0.2, 0) is 6.42 Å². The maximum atomic E-state index is 5.65. The minimum absolute atomic E-state index is 0.253. The van der Waals surface area contributed by atoms with Gasteiger partial charge in [0.2, 0.25) is 5.28 Å². The number of aromatic amines is 1. The lowest BCUT2D eigenvalue weighted by atomic mass is 10.2. The largest absolute Gasteiger partial charge is 0.370 e. The SMILES string of the molecule is Clc1nccc(NCCc2cn[nH]c2)n1. The predicted octanol–water partition coefficient (Wildman–Crippen LogP) is 1.51. The van der Waals surface area contributed by atoms with Gasteiger partial charge in [0.1, 0.15) is 5.82 Å². The third-order valence-electron chi connectivity index (χ3n) is 1.90. The summed E-state index contributed by atoms with van der Waals surface area (Å²) in [6.45, 7) is 0.785. The van der Waals surface area contributed by atoms with Gasteiger partial charge in [-0.3, -0.25) is 5.10 Å². The van der Waals surface area contributed by atoms with E-state index in [1.54, 1.807) is 18.5 Å². The fourth-order valence-electron chi connectivity index (χ4n) is 1.18. The predicted molar refractivity (Wildman–Crippen MR) is 57.8 cm³/mol.